The molecule has 0 aromatic carbocycles. The first kappa shape index (κ1) is 21.1. The minimum Gasteiger partial charge on any atom is -0.463 e. The predicted molar refractivity (Wildman–Crippen MR) is 89.7 cm³/mol. The van der Waals surface area contributed by atoms with Crippen molar-refractivity contribution in [1.82, 2.24) is 5.32 Å². The van der Waals surface area contributed by atoms with Crippen LogP contribution in [0.3, 0.4) is 0 Å². The SMILES string of the molecule is CCCCCCCCCCCCOC(=O)/C=C\C(=O)NC(N)=O. The van der Waals surface area contributed by atoms with E-state index in [4.69, 9.17) is 10.5 Å². The smallest absolute Gasteiger partial charge is 0.330 e. The van der Waals surface area contributed by atoms with Gasteiger partial charge in [-0.05, 0) is 6.42 Å². The molecular weight excluding hydrogens is 296 g/mol. The normalized spacial score (nSPS) is 10.7. The molecule has 0 saturated heterocycles. The Hall–Kier alpha value is -1.85. The fourth-order valence-electron chi connectivity index (χ4n) is 2.12. The van der Waals surface area contributed by atoms with Crippen LogP contribution in [0.4, 0.5) is 4.79 Å². The Morgan fingerprint density at radius 1 is 0.870 bits per heavy atom. The Bertz CT molecular complexity index is 381. The summed E-state index contributed by atoms with van der Waals surface area (Å²) in [5.41, 5.74) is 4.76. The van der Waals surface area contributed by atoms with E-state index in [0.717, 1.165) is 31.4 Å². The highest BCUT2D eigenvalue weighted by Crippen LogP contribution is 2.10. The molecule has 0 fully saturated rings. The highest BCUT2D eigenvalue weighted by molar-refractivity contribution is 6.02. The van der Waals surface area contributed by atoms with Gasteiger partial charge in [0.2, 0.25) is 0 Å². The Morgan fingerprint density at radius 2 is 1.39 bits per heavy atom. The van der Waals surface area contributed by atoms with Crippen molar-refractivity contribution in [3.05, 3.63) is 12.2 Å². The molecule has 0 radical (unpaired) electrons. The minimum atomic E-state index is -0.960. The zero-order valence-electron chi connectivity index (χ0n) is 14.1. The number of hydrogen-bond acceptors (Lipinski definition) is 4. The van der Waals surface area contributed by atoms with Crippen molar-refractivity contribution in [2.24, 2.45) is 5.73 Å². The molecule has 0 saturated carbocycles. The van der Waals surface area contributed by atoms with Gasteiger partial charge >= 0.3 is 12.0 Å². The van der Waals surface area contributed by atoms with E-state index in [1.807, 2.05) is 5.32 Å². The summed E-state index contributed by atoms with van der Waals surface area (Å²) < 4.78 is 4.95. The predicted octanol–water partition coefficient (Wildman–Crippen LogP) is 3.20. The van der Waals surface area contributed by atoms with Crippen LogP contribution in [0.2, 0.25) is 0 Å². The molecule has 6 heteroatoms. The molecule has 0 aliphatic carbocycles. The quantitative estimate of drug-likeness (QED) is 0.308. The van der Waals surface area contributed by atoms with Crippen molar-refractivity contribution in [2.75, 3.05) is 6.61 Å². The van der Waals surface area contributed by atoms with Gasteiger partial charge in [0.15, 0.2) is 0 Å². The van der Waals surface area contributed by atoms with Gasteiger partial charge in [0.25, 0.3) is 5.91 Å². The lowest BCUT2D eigenvalue weighted by Gasteiger charge is -2.03. The van der Waals surface area contributed by atoms with Crippen LogP contribution in [-0.4, -0.2) is 24.5 Å². The number of unbranched alkanes of at least 4 members (excludes halogenated alkanes) is 9. The summed E-state index contributed by atoms with van der Waals surface area (Å²) in [6.45, 7) is 2.57. The Balaban J connectivity index is 3.40. The topological polar surface area (TPSA) is 98.5 Å². The highest BCUT2D eigenvalue weighted by Gasteiger charge is 2.01. The average Bonchev–Trinajstić information content (AvgIpc) is 2.50. The molecule has 0 rings (SSSR count). The third-order valence-electron chi connectivity index (χ3n) is 3.36. The molecule has 0 aliphatic rings. The maximum Gasteiger partial charge on any atom is 0.330 e. The molecule has 0 heterocycles. The van der Waals surface area contributed by atoms with E-state index in [-0.39, 0.29) is 0 Å². The fourth-order valence-corrected chi connectivity index (χ4v) is 2.12. The number of carbonyl (C=O) groups is 3. The van der Waals surface area contributed by atoms with Crippen molar-refractivity contribution >= 4 is 17.9 Å². The van der Waals surface area contributed by atoms with E-state index in [1.54, 1.807) is 0 Å². The lowest BCUT2D eigenvalue weighted by Crippen LogP contribution is -2.33. The van der Waals surface area contributed by atoms with E-state index in [1.165, 1.54) is 44.9 Å². The second kappa shape index (κ2) is 15.1. The Kier molecular flexibility index (Phi) is 13.8. The first-order valence-electron chi connectivity index (χ1n) is 8.51. The summed E-state index contributed by atoms with van der Waals surface area (Å²) in [4.78, 5) is 32.7. The number of rotatable bonds is 13. The van der Waals surface area contributed by atoms with E-state index < -0.39 is 17.9 Å². The number of nitrogens with one attached hydrogen (secondary N) is 1. The van der Waals surface area contributed by atoms with E-state index in [9.17, 15) is 14.4 Å². The standard InChI is InChI=1S/C17H30N2O4/c1-2-3-4-5-6-7-8-9-10-11-14-23-16(21)13-12-15(20)19-17(18)22/h12-13H,2-11,14H2,1H3,(H3,18,19,20,22)/b13-12-. The van der Waals surface area contributed by atoms with Gasteiger partial charge in [0.1, 0.15) is 0 Å². The molecule has 0 atom stereocenters. The Labute approximate surface area is 138 Å². The molecular formula is C17H30N2O4. The highest BCUT2D eigenvalue weighted by atomic mass is 16.5. The lowest BCUT2D eigenvalue weighted by molar-refractivity contribution is -0.138. The number of urea groups is 1. The molecule has 6 nitrogen and oxygen atoms in total. The number of imide groups is 1. The van der Waals surface area contributed by atoms with Gasteiger partial charge in [-0.3, -0.25) is 10.1 Å². The van der Waals surface area contributed by atoms with E-state index in [0.29, 0.717) is 6.61 Å². The van der Waals surface area contributed by atoms with Gasteiger partial charge in [-0.1, -0.05) is 64.7 Å². The van der Waals surface area contributed by atoms with Crippen LogP contribution in [0.15, 0.2) is 12.2 Å². The zero-order chi connectivity index (χ0) is 17.3. The van der Waals surface area contributed by atoms with Crippen LogP contribution in [-0.2, 0) is 14.3 Å². The number of carbonyl (C=O) groups excluding carboxylic acids is 3. The third-order valence-corrected chi connectivity index (χ3v) is 3.36. The lowest BCUT2D eigenvalue weighted by atomic mass is 10.1. The van der Waals surface area contributed by atoms with Crippen molar-refractivity contribution in [1.29, 1.82) is 0 Å². The molecule has 3 amide bonds. The summed E-state index contributed by atoms with van der Waals surface area (Å²) >= 11 is 0. The van der Waals surface area contributed by atoms with Crippen LogP contribution in [0.5, 0.6) is 0 Å². The third kappa shape index (κ3) is 16.3. The van der Waals surface area contributed by atoms with Crippen molar-refractivity contribution in [2.45, 2.75) is 71.1 Å². The first-order valence-corrected chi connectivity index (χ1v) is 8.51. The minimum absolute atomic E-state index is 0.344. The number of amides is 3. The van der Waals surface area contributed by atoms with Crippen molar-refractivity contribution < 1.29 is 19.1 Å². The molecule has 0 aromatic rings. The van der Waals surface area contributed by atoms with E-state index in [2.05, 4.69) is 6.92 Å². The average molecular weight is 326 g/mol. The Morgan fingerprint density at radius 3 is 1.91 bits per heavy atom. The molecule has 132 valence electrons. The van der Waals surface area contributed by atoms with Crippen molar-refractivity contribution in [3.63, 3.8) is 0 Å². The maximum atomic E-state index is 11.3. The van der Waals surface area contributed by atoms with Crippen molar-refractivity contribution in [3.8, 4) is 0 Å². The maximum absolute atomic E-state index is 11.3. The number of hydrogen-bond donors (Lipinski definition) is 2. The van der Waals surface area contributed by atoms with Crippen LogP contribution in [0, 0.1) is 0 Å². The molecule has 23 heavy (non-hydrogen) atoms. The van der Waals surface area contributed by atoms with Crippen LogP contribution in [0.25, 0.3) is 0 Å². The van der Waals surface area contributed by atoms with Gasteiger partial charge in [0, 0.05) is 12.2 Å². The van der Waals surface area contributed by atoms with Crippen LogP contribution in [0.1, 0.15) is 71.1 Å². The number of ether oxygens (including phenoxy) is 1. The second-order valence-corrected chi connectivity index (χ2v) is 5.54. The summed E-state index contributed by atoms with van der Waals surface area (Å²) in [6.07, 6.45) is 14.0. The zero-order valence-corrected chi connectivity index (χ0v) is 14.1. The summed E-state index contributed by atoms with van der Waals surface area (Å²) in [5.74, 6) is -1.34. The van der Waals surface area contributed by atoms with Crippen LogP contribution >= 0.6 is 0 Å². The van der Waals surface area contributed by atoms with Gasteiger partial charge in [-0.25, -0.2) is 9.59 Å². The number of esters is 1. The summed E-state index contributed by atoms with van der Waals surface area (Å²) in [7, 11) is 0. The molecule has 0 spiro atoms. The molecule has 0 unspecified atom stereocenters. The largest absolute Gasteiger partial charge is 0.463 e. The number of primary amides is 1. The summed E-state index contributed by atoms with van der Waals surface area (Å²) in [5, 5.41) is 1.82. The summed E-state index contributed by atoms with van der Waals surface area (Å²) in [6, 6.07) is -0.960. The van der Waals surface area contributed by atoms with Gasteiger partial charge in [0.05, 0.1) is 6.61 Å². The monoisotopic (exact) mass is 326 g/mol. The van der Waals surface area contributed by atoms with Crippen LogP contribution < -0.4 is 11.1 Å². The molecule has 3 N–H and O–H groups in total. The first-order chi connectivity index (χ1) is 11.1. The fraction of sp³-hybridized carbons (Fsp3) is 0.706. The number of nitrogens with two attached hydrogens (primary N) is 1. The van der Waals surface area contributed by atoms with Gasteiger partial charge in [-0.2, -0.15) is 0 Å². The van der Waals surface area contributed by atoms with Gasteiger partial charge < -0.3 is 10.5 Å². The van der Waals surface area contributed by atoms with E-state index >= 15 is 0 Å². The molecule has 0 aliphatic heterocycles. The molecule has 0 aromatic heterocycles. The molecule has 0 bridgehead atoms. The van der Waals surface area contributed by atoms with Gasteiger partial charge in [-0.15, -0.1) is 0 Å². The second-order valence-electron chi connectivity index (χ2n) is 5.54.